The van der Waals surface area contributed by atoms with Crippen LogP contribution in [0, 0.1) is 0 Å². The van der Waals surface area contributed by atoms with Gasteiger partial charge in [0, 0.05) is 18.2 Å². The summed E-state index contributed by atoms with van der Waals surface area (Å²) in [6.07, 6.45) is 3.55. The Bertz CT molecular complexity index is 567. The first kappa shape index (κ1) is 16.4. The predicted octanol–water partition coefficient (Wildman–Crippen LogP) is 3.99. The third-order valence-electron chi connectivity index (χ3n) is 3.20. The van der Waals surface area contributed by atoms with Crippen LogP contribution in [0.2, 0.25) is 0 Å². The van der Waals surface area contributed by atoms with E-state index in [1.165, 1.54) is 0 Å². The third-order valence-corrected chi connectivity index (χ3v) is 3.42. The molecule has 0 aliphatic carbocycles. The van der Waals surface area contributed by atoms with E-state index in [9.17, 15) is 0 Å². The van der Waals surface area contributed by atoms with Gasteiger partial charge in [-0.15, -0.1) is 0 Å². The normalized spacial score (nSPS) is 11.7. The number of thiocarbonyl (C=S) groups is 1. The summed E-state index contributed by atoms with van der Waals surface area (Å²) in [5, 5.41) is 7.08. The molecular weight excluding hydrogens is 296 g/mol. The highest BCUT2D eigenvalue weighted by Crippen LogP contribution is 2.15. The fraction of sp³-hybridized carbons (Fsp3) is 0.353. The summed E-state index contributed by atoms with van der Waals surface area (Å²) in [5.41, 5.74) is 0.944. The molecule has 0 unspecified atom stereocenters. The van der Waals surface area contributed by atoms with Gasteiger partial charge in [-0.05, 0) is 68.9 Å². The van der Waals surface area contributed by atoms with E-state index in [4.69, 9.17) is 21.4 Å². The van der Waals surface area contributed by atoms with Crippen molar-refractivity contribution in [2.75, 3.05) is 11.9 Å². The van der Waals surface area contributed by atoms with Crippen LogP contribution in [0.5, 0.6) is 5.75 Å². The fourth-order valence-corrected chi connectivity index (χ4v) is 2.40. The fourth-order valence-electron chi connectivity index (χ4n) is 2.08. The zero-order valence-electron chi connectivity index (χ0n) is 13.0. The number of rotatable bonds is 7. The van der Waals surface area contributed by atoms with Gasteiger partial charge in [0.1, 0.15) is 11.5 Å². The smallest absolute Gasteiger partial charge is 0.170 e. The number of hydrogen-bond acceptors (Lipinski definition) is 3. The molecule has 0 saturated heterocycles. The zero-order chi connectivity index (χ0) is 15.8. The molecule has 5 heteroatoms. The molecule has 0 saturated carbocycles. The SMILES string of the molecule is CCOc1ccc(NC(=S)N[C@H](C)CCc2ccco2)cc1. The van der Waals surface area contributed by atoms with Crippen LogP contribution in [0.15, 0.2) is 47.1 Å². The molecule has 0 aliphatic rings. The van der Waals surface area contributed by atoms with Crippen LogP contribution in [-0.4, -0.2) is 17.8 Å². The van der Waals surface area contributed by atoms with E-state index < -0.39 is 0 Å². The van der Waals surface area contributed by atoms with Gasteiger partial charge in [0.05, 0.1) is 12.9 Å². The lowest BCUT2D eigenvalue weighted by molar-refractivity contribution is 0.340. The van der Waals surface area contributed by atoms with E-state index in [1.807, 2.05) is 43.3 Å². The van der Waals surface area contributed by atoms with Gasteiger partial charge in [0.25, 0.3) is 0 Å². The number of aryl methyl sites for hydroxylation is 1. The van der Waals surface area contributed by atoms with E-state index in [-0.39, 0.29) is 6.04 Å². The van der Waals surface area contributed by atoms with Crippen molar-refractivity contribution in [1.29, 1.82) is 0 Å². The molecule has 118 valence electrons. The average molecular weight is 318 g/mol. The molecule has 1 heterocycles. The lowest BCUT2D eigenvalue weighted by atomic mass is 10.1. The van der Waals surface area contributed by atoms with Crippen molar-refractivity contribution < 1.29 is 9.15 Å². The second-order valence-corrected chi connectivity index (χ2v) is 5.48. The number of furan rings is 1. The van der Waals surface area contributed by atoms with Crippen LogP contribution in [0.25, 0.3) is 0 Å². The van der Waals surface area contributed by atoms with Crippen molar-refractivity contribution in [3.8, 4) is 5.75 Å². The van der Waals surface area contributed by atoms with Crippen molar-refractivity contribution in [1.82, 2.24) is 5.32 Å². The van der Waals surface area contributed by atoms with Crippen LogP contribution in [0.1, 0.15) is 26.0 Å². The quantitative estimate of drug-likeness (QED) is 0.756. The second kappa shape index (κ2) is 8.44. The highest BCUT2D eigenvalue weighted by atomic mass is 32.1. The molecule has 22 heavy (non-hydrogen) atoms. The molecule has 2 N–H and O–H groups in total. The minimum atomic E-state index is 0.271. The maximum Gasteiger partial charge on any atom is 0.170 e. The summed E-state index contributed by atoms with van der Waals surface area (Å²) in [7, 11) is 0. The summed E-state index contributed by atoms with van der Waals surface area (Å²) in [5.74, 6) is 1.86. The van der Waals surface area contributed by atoms with Gasteiger partial charge in [0.15, 0.2) is 5.11 Å². The second-order valence-electron chi connectivity index (χ2n) is 5.07. The number of benzene rings is 1. The molecule has 0 radical (unpaired) electrons. The Morgan fingerprint density at radius 2 is 2.05 bits per heavy atom. The van der Waals surface area contributed by atoms with Crippen molar-refractivity contribution >= 4 is 23.0 Å². The molecule has 2 aromatic rings. The van der Waals surface area contributed by atoms with E-state index >= 15 is 0 Å². The molecule has 2 rings (SSSR count). The van der Waals surface area contributed by atoms with Crippen molar-refractivity contribution in [2.24, 2.45) is 0 Å². The number of ether oxygens (including phenoxy) is 1. The van der Waals surface area contributed by atoms with Crippen molar-refractivity contribution in [2.45, 2.75) is 32.7 Å². The Labute approximate surface area is 136 Å². The van der Waals surface area contributed by atoms with Crippen LogP contribution >= 0.6 is 12.2 Å². The minimum absolute atomic E-state index is 0.271. The van der Waals surface area contributed by atoms with Gasteiger partial charge >= 0.3 is 0 Å². The highest BCUT2D eigenvalue weighted by molar-refractivity contribution is 7.80. The monoisotopic (exact) mass is 318 g/mol. The Kier molecular flexibility index (Phi) is 6.27. The van der Waals surface area contributed by atoms with E-state index in [2.05, 4.69) is 17.6 Å². The first-order valence-corrected chi connectivity index (χ1v) is 7.91. The van der Waals surface area contributed by atoms with Crippen molar-refractivity contribution in [3.05, 3.63) is 48.4 Å². The Hall–Kier alpha value is -2.01. The highest BCUT2D eigenvalue weighted by Gasteiger charge is 2.06. The Morgan fingerprint density at radius 1 is 1.27 bits per heavy atom. The van der Waals surface area contributed by atoms with Gasteiger partial charge in [-0.3, -0.25) is 0 Å². The summed E-state index contributed by atoms with van der Waals surface area (Å²) in [6, 6.07) is 11.9. The molecule has 0 aliphatic heterocycles. The van der Waals surface area contributed by atoms with Crippen LogP contribution in [0.3, 0.4) is 0 Å². The van der Waals surface area contributed by atoms with Crippen LogP contribution < -0.4 is 15.4 Å². The van der Waals surface area contributed by atoms with Gasteiger partial charge < -0.3 is 19.8 Å². The molecule has 1 atom stereocenters. The minimum Gasteiger partial charge on any atom is -0.494 e. The molecule has 0 fully saturated rings. The van der Waals surface area contributed by atoms with Gasteiger partial charge in [-0.25, -0.2) is 0 Å². The molecule has 4 nitrogen and oxygen atoms in total. The molecule has 1 aromatic heterocycles. The third kappa shape index (κ3) is 5.41. The van der Waals surface area contributed by atoms with Gasteiger partial charge in [-0.2, -0.15) is 0 Å². The van der Waals surface area contributed by atoms with Gasteiger partial charge in [0.2, 0.25) is 0 Å². The van der Waals surface area contributed by atoms with E-state index in [0.29, 0.717) is 11.7 Å². The molecular formula is C17H22N2O2S. The lowest BCUT2D eigenvalue weighted by Gasteiger charge is -2.16. The van der Waals surface area contributed by atoms with E-state index in [1.54, 1.807) is 6.26 Å². The van der Waals surface area contributed by atoms with Crippen molar-refractivity contribution in [3.63, 3.8) is 0 Å². The maximum absolute atomic E-state index is 5.41. The topological polar surface area (TPSA) is 46.4 Å². The Balaban J connectivity index is 1.74. The average Bonchev–Trinajstić information content (AvgIpc) is 3.01. The number of anilines is 1. The summed E-state index contributed by atoms with van der Waals surface area (Å²) < 4.78 is 10.7. The molecule has 0 spiro atoms. The van der Waals surface area contributed by atoms with Crippen LogP contribution in [-0.2, 0) is 6.42 Å². The number of hydrogen-bond donors (Lipinski definition) is 2. The zero-order valence-corrected chi connectivity index (χ0v) is 13.8. The standard InChI is InChI=1S/C17H22N2O2S/c1-3-20-16-10-7-14(8-11-16)19-17(22)18-13(2)6-9-15-5-4-12-21-15/h4-5,7-8,10-13H,3,6,9H2,1-2H3,(H2,18,19,22)/t13-/m1/s1. The van der Waals surface area contributed by atoms with Crippen LogP contribution in [0.4, 0.5) is 5.69 Å². The maximum atomic E-state index is 5.41. The van der Waals surface area contributed by atoms with Gasteiger partial charge in [-0.1, -0.05) is 0 Å². The Morgan fingerprint density at radius 3 is 2.68 bits per heavy atom. The summed E-state index contributed by atoms with van der Waals surface area (Å²) in [4.78, 5) is 0. The predicted molar refractivity (Wildman–Crippen MR) is 93.5 cm³/mol. The molecule has 0 bridgehead atoms. The first-order chi connectivity index (χ1) is 10.7. The summed E-state index contributed by atoms with van der Waals surface area (Å²) in [6.45, 7) is 4.74. The number of nitrogens with one attached hydrogen (secondary N) is 2. The molecule has 1 aromatic carbocycles. The largest absolute Gasteiger partial charge is 0.494 e. The molecule has 0 amide bonds. The first-order valence-electron chi connectivity index (χ1n) is 7.50. The van der Waals surface area contributed by atoms with E-state index in [0.717, 1.165) is 30.0 Å². The summed E-state index contributed by atoms with van der Waals surface area (Å²) >= 11 is 5.33. The lowest BCUT2D eigenvalue weighted by Crippen LogP contribution is -2.36.